The highest BCUT2D eigenvalue weighted by atomic mass is 35.5. The second kappa shape index (κ2) is 9.23. The molecule has 0 fully saturated rings. The standard InChI is InChI=1S/C25H23ClF2O/c1-3-25(2,19-12-14-22(27)21(26)17-19)15-7-8-18-11-13-23(28)24(16-18)29-20-9-5-4-6-10-20/h3-6,9-14,16-17H,1,7-8,15H2,2H3. The van der Waals surface area contributed by atoms with Gasteiger partial charge in [0.2, 0.25) is 0 Å². The van der Waals surface area contributed by atoms with Gasteiger partial charge in [0.05, 0.1) is 5.02 Å². The van der Waals surface area contributed by atoms with E-state index < -0.39 is 11.6 Å². The summed E-state index contributed by atoms with van der Waals surface area (Å²) >= 11 is 5.95. The highest BCUT2D eigenvalue weighted by Crippen LogP contribution is 2.33. The molecule has 4 heteroatoms. The third kappa shape index (κ3) is 5.24. The molecule has 0 saturated carbocycles. The van der Waals surface area contributed by atoms with Crippen molar-refractivity contribution in [2.75, 3.05) is 0 Å². The molecule has 3 rings (SSSR count). The molecule has 1 atom stereocenters. The molecule has 0 aliphatic carbocycles. The van der Waals surface area contributed by atoms with Gasteiger partial charge in [-0.3, -0.25) is 0 Å². The van der Waals surface area contributed by atoms with Crippen LogP contribution in [0.15, 0.2) is 79.4 Å². The monoisotopic (exact) mass is 412 g/mol. The lowest BCUT2D eigenvalue weighted by atomic mass is 9.78. The van der Waals surface area contributed by atoms with E-state index in [0.717, 1.165) is 30.4 Å². The van der Waals surface area contributed by atoms with Crippen molar-refractivity contribution in [1.82, 2.24) is 0 Å². The Balaban J connectivity index is 1.68. The minimum atomic E-state index is -0.431. The normalized spacial score (nSPS) is 13.0. The topological polar surface area (TPSA) is 9.23 Å². The zero-order valence-corrected chi connectivity index (χ0v) is 17.1. The van der Waals surface area contributed by atoms with Gasteiger partial charge < -0.3 is 4.74 Å². The smallest absolute Gasteiger partial charge is 0.165 e. The Bertz CT molecular complexity index is 987. The van der Waals surface area contributed by atoms with E-state index in [1.807, 2.05) is 24.3 Å². The fraction of sp³-hybridized carbons (Fsp3) is 0.200. The number of benzene rings is 3. The first kappa shape index (κ1) is 21.1. The summed E-state index contributed by atoms with van der Waals surface area (Å²) < 4.78 is 33.3. The SMILES string of the molecule is C=CC(C)(CCCc1ccc(F)c(Oc2ccccc2)c1)c1ccc(F)c(Cl)c1. The molecule has 0 saturated heterocycles. The summed E-state index contributed by atoms with van der Waals surface area (Å²) in [4.78, 5) is 0. The van der Waals surface area contributed by atoms with E-state index in [2.05, 4.69) is 13.5 Å². The van der Waals surface area contributed by atoms with Gasteiger partial charge >= 0.3 is 0 Å². The molecule has 0 aliphatic rings. The van der Waals surface area contributed by atoms with Gasteiger partial charge in [-0.05, 0) is 66.8 Å². The number of ether oxygens (including phenoxy) is 1. The summed E-state index contributed by atoms with van der Waals surface area (Å²) in [5.41, 5.74) is 1.58. The number of allylic oxidation sites excluding steroid dienone is 1. The Morgan fingerprint density at radius 2 is 1.72 bits per heavy atom. The summed E-state index contributed by atoms with van der Waals surface area (Å²) in [7, 11) is 0. The lowest BCUT2D eigenvalue weighted by molar-refractivity contribution is 0.441. The lowest BCUT2D eigenvalue weighted by Crippen LogP contribution is -2.19. The van der Waals surface area contributed by atoms with E-state index in [1.165, 1.54) is 12.1 Å². The Labute approximate surface area is 175 Å². The van der Waals surface area contributed by atoms with Crippen molar-refractivity contribution < 1.29 is 13.5 Å². The summed E-state index contributed by atoms with van der Waals surface area (Å²) in [6.45, 7) is 6.01. The van der Waals surface area contributed by atoms with Gasteiger partial charge in [0.15, 0.2) is 11.6 Å². The molecule has 0 radical (unpaired) electrons. The summed E-state index contributed by atoms with van der Waals surface area (Å²) in [5, 5.41) is 0.108. The molecule has 0 aliphatic heterocycles. The summed E-state index contributed by atoms with van der Waals surface area (Å²) in [6, 6.07) is 18.9. The van der Waals surface area contributed by atoms with Crippen LogP contribution < -0.4 is 4.74 Å². The van der Waals surface area contributed by atoms with Crippen molar-refractivity contribution in [3.63, 3.8) is 0 Å². The van der Waals surface area contributed by atoms with Crippen LogP contribution in [0.2, 0.25) is 5.02 Å². The van der Waals surface area contributed by atoms with Crippen LogP contribution in [0.25, 0.3) is 0 Å². The lowest BCUT2D eigenvalue weighted by Gasteiger charge is -2.27. The van der Waals surface area contributed by atoms with E-state index in [1.54, 1.807) is 36.4 Å². The molecule has 1 nitrogen and oxygen atoms in total. The summed E-state index contributed by atoms with van der Waals surface area (Å²) in [6.07, 6.45) is 4.26. The molecule has 0 spiro atoms. The minimum absolute atomic E-state index is 0.108. The van der Waals surface area contributed by atoms with Gasteiger partial charge in [-0.25, -0.2) is 8.78 Å². The van der Waals surface area contributed by atoms with Crippen molar-refractivity contribution >= 4 is 11.6 Å². The van der Waals surface area contributed by atoms with Crippen molar-refractivity contribution in [3.05, 3.63) is 107 Å². The highest BCUT2D eigenvalue weighted by Gasteiger charge is 2.23. The quantitative estimate of drug-likeness (QED) is 0.342. The number of halogens is 3. The maximum atomic E-state index is 14.1. The largest absolute Gasteiger partial charge is 0.454 e. The Kier molecular flexibility index (Phi) is 6.71. The van der Waals surface area contributed by atoms with Crippen LogP contribution in [0, 0.1) is 11.6 Å². The zero-order chi connectivity index (χ0) is 20.9. The molecule has 1 unspecified atom stereocenters. The van der Waals surface area contributed by atoms with E-state index in [-0.39, 0.29) is 16.2 Å². The van der Waals surface area contributed by atoms with Gasteiger partial charge in [0.25, 0.3) is 0 Å². The molecular formula is C25H23ClF2O. The molecule has 0 aromatic heterocycles. The Morgan fingerprint density at radius 1 is 1.00 bits per heavy atom. The van der Waals surface area contributed by atoms with Gasteiger partial charge in [0, 0.05) is 5.41 Å². The Morgan fingerprint density at radius 3 is 2.41 bits per heavy atom. The average Bonchev–Trinajstić information content (AvgIpc) is 2.73. The van der Waals surface area contributed by atoms with E-state index >= 15 is 0 Å². The van der Waals surface area contributed by atoms with Crippen molar-refractivity contribution in [2.45, 2.75) is 31.6 Å². The molecule has 0 amide bonds. The molecule has 0 N–H and O–H groups in total. The third-order valence-corrected chi connectivity index (χ3v) is 5.45. The van der Waals surface area contributed by atoms with Gasteiger partial charge in [0.1, 0.15) is 11.6 Å². The highest BCUT2D eigenvalue weighted by molar-refractivity contribution is 6.30. The fourth-order valence-electron chi connectivity index (χ4n) is 3.27. The van der Waals surface area contributed by atoms with Crippen molar-refractivity contribution in [2.24, 2.45) is 0 Å². The van der Waals surface area contributed by atoms with Crippen LogP contribution in [0.1, 0.15) is 30.9 Å². The number of para-hydroxylation sites is 1. The van der Waals surface area contributed by atoms with Crippen LogP contribution in [-0.2, 0) is 11.8 Å². The molecular weight excluding hydrogens is 390 g/mol. The molecule has 150 valence electrons. The average molecular weight is 413 g/mol. The Hall–Kier alpha value is -2.65. The zero-order valence-electron chi connectivity index (χ0n) is 16.3. The predicted octanol–water partition coefficient (Wildman–Crippen LogP) is 7.88. The van der Waals surface area contributed by atoms with Gasteiger partial charge in [-0.1, -0.05) is 54.9 Å². The first-order chi connectivity index (χ1) is 13.9. The van der Waals surface area contributed by atoms with Crippen molar-refractivity contribution in [3.8, 4) is 11.5 Å². The van der Waals surface area contributed by atoms with Gasteiger partial charge in [-0.2, -0.15) is 0 Å². The van der Waals surface area contributed by atoms with E-state index in [0.29, 0.717) is 5.75 Å². The molecule has 3 aromatic rings. The first-order valence-electron chi connectivity index (χ1n) is 9.52. The van der Waals surface area contributed by atoms with Crippen LogP contribution in [0.3, 0.4) is 0 Å². The second-order valence-corrected chi connectivity index (χ2v) is 7.69. The van der Waals surface area contributed by atoms with Crippen LogP contribution in [0.4, 0.5) is 8.78 Å². The maximum Gasteiger partial charge on any atom is 0.165 e. The number of rotatable bonds is 8. The maximum absolute atomic E-state index is 14.1. The van der Waals surface area contributed by atoms with Gasteiger partial charge in [-0.15, -0.1) is 6.58 Å². The first-order valence-corrected chi connectivity index (χ1v) is 9.89. The van der Waals surface area contributed by atoms with Crippen LogP contribution in [-0.4, -0.2) is 0 Å². The fourth-order valence-corrected chi connectivity index (χ4v) is 3.45. The molecule has 0 bridgehead atoms. The molecule has 3 aromatic carbocycles. The predicted molar refractivity (Wildman–Crippen MR) is 115 cm³/mol. The molecule has 29 heavy (non-hydrogen) atoms. The van der Waals surface area contributed by atoms with Crippen LogP contribution in [0.5, 0.6) is 11.5 Å². The van der Waals surface area contributed by atoms with Crippen molar-refractivity contribution in [1.29, 1.82) is 0 Å². The molecule has 0 heterocycles. The number of aryl methyl sites for hydroxylation is 1. The van der Waals surface area contributed by atoms with E-state index in [4.69, 9.17) is 16.3 Å². The summed E-state index contributed by atoms with van der Waals surface area (Å²) in [5.74, 6) is -0.0185. The minimum Gasteiger partial charge on any atom is -0.454 e. The number of hydrogen-bond donors (Lipinski definition) is 0. The van der Waals surface area contributed by atoms with E-state index in [9.17, 15) is 8.78 Å². The second-order valence-electron chi connectivity index (χ2n) is 7.28. The van der Waals surface area contributed by atoms with Crippen LogP contribution >= 0.6 is 11.6 Å². The number of hydrogen-bond acceptors (Lipinski definition) is 1. The third-order valence-electron chi connectivity index (χ3n) is 5.16.